The minimum atomic E-state index is 0.0940. The van der Waals surface area contributed by atoms with E-state index in [-0.39, 0.29) is 11.9 Å². The Hall–Kier alpha value is -1.11. The van der Waals surface area contributed by atoms with Gasteiger partial charge in [0.2, 0.25) is 5.91 Å². The Morgan fingerprint density at radius 3 is 3.22 bits per heavy atom. The lowest BCUT2D eigenvalue weighted by Gasteiger charge is -2.36. The van der Waals surface area contributed by atoms with Crippen molar-refractivity contribution in [1.29, 1.82) is 0 Å². The molecule has 2 aliphatic heterocycles. The quantitative estimate of drug-likeness (QED) is 0.890. The van der Waals surface area contributed by atoms with Crippen LogP contribution in [0.25, 0.3) is 0 Å². The van der Waals surface area contributed by atoms with Crippen LogP contribution in [0.4, 0.5) is 0 Å². The van der Waals surface area contributed by atoms with Crippen LogP contribution in [0.15, 0.2) is 24.5 Å². The van der Waals surface area contributed by atoms with E-state index in [9.17, 15) is 4.79 Å². The molecule has 2 unspecified atom stereocenters. The Morgan fingerprint density at radius 1 is 1.48 bits per heavy atom. The van der Waals surface area contributed by atoms with E-state index in [2.05, 4.69) is 10.3 Å². The van der Waals surface area contributed by atoms with E-state index in [1.54, 1.807) is 18.0 Å². The highest BCUT2D eigenvalue weighted by Crippen LogP contribution is 2.23. The number of carbonyl (C=O) groups is 1. The first-order chi connectivity index (χ1) is 11.3. The molecule has 0 aliphatic carbocycles. The Kier molecular flexibility index (Phi) is 6.30. The predicted molar refractivity (Wildman–Crippen MR) is 92.5 cm³/mol. The summed E-state index contributed by atoms with van der Waals surface area (Å²) >= 11 is 1.71. The molecule has 0 spiro atoms. The van der Waals surface area contributed by atoms with Crippen molar-refractivity contribution in [3.63, 3.8) is 0 Å². The van der Waals surface area contributed by atoms with Crippen molar-refractivity contribution in [1.82, 2.24) is 15.2 Å². The second-order valence-electron chi connectivity index (χ2n) is 6.10. The van der Waals surface area contributed by atoms with Crippen LogP contribution in [0.3, 0.4) is 0 Å². The van der Waals surface area contributed by atoms with Crippen molar-refractivity contribution >= 4 is 17.7 Å². The molecule has 6 heteroatoms. The van der Waals surface area contributed by atoms with Crippen LogP contribution in [0.5, 0.6) is 0 Å². The number of hydrogen-bond donors (Lipinski definition) is 1. The van der Waals surface area contributed by atoms with E-state index < -0.39 is 0 Å². The SMILES string of the molecule is O=C(CSCC1CCCCO1)N1CCNCC1c1cccnc1. The molecular formula is C17H25N3O2S. The Balaban J connectivity index is 1.52. The molecule has 1 aromatic heterocycles. The molecule has 0 saturated carbocycles. The second-order valence-corrected chi connectivity index (χ2v) is 7.13. The van der Waals surface area contributed by atoms with Crippen LogP contribution in [-0.2, 0) is 9.53 Å². The molecule has 23 heavy (non-hydrogen) atoms. The largest absolute Gasteiger partial charge is 0.377 e. The molecule has 1 aromatic rings. The van der Waals surface area contributed by atoms with Crippen molar-refractivity contribution in [2.75, 3.05) is 37.7 Å². The maximum Gasteiger partial charge on any atom is 0.233 e. The monoisotopic (exact) mass is 335 g/mol. The normalized spacial score (nSPS) is 25.3. The maximum absolute atomic E-state index is 12.6. The van der Waals surface area contributed by atoms with Crippen molar-refractivity contribution in [2.45, 2.75) is 31.4 Å². The molecule has 2 aliphatic rings. The first-order valence-electron chi connectivity index (χ1n) is 8.44. The molecule has 3 rings (SSSR count). The van der Waals surface area contributed by atoms with Crippen LogP contribution in [0.2, 0.25) is 0 Å². The van der Waals surface area contributed by atoms with Gasteiger partial charge in [0.1, 0.15) is 0 Å². The summed E-state index contributed by atoms with van der Waals surface area (Å²) in [5.74, 6) is 1.69. The van der Waals surface area contributed by atoms with E-state index in [0.717, 1.165) is 44.0 Å². The fourth-order valence-corrected chi connectivity index (χ4v) is 4.16. The van der Waals surface area contributed by atoms with Gasteiger partial charge in [-0.3, -0.25) is 9.78 Å². The summed E-state index contributed by atoms with van der Waals surface area (Å²) in [6.45, 7) is 3.30. The van der Waals surface area contributed by atoms with Gasteiger partial charge in [-0.2, -0.15) is 0 Å². The number of nitrogens with zero attached hydrogens (tertiary/aromatic N) is 2. The molecule has 2 saturated heterocycles. The van der Waals surface area contributed by atoms with E-state index in [1.165, 1.54) is 12.8 Å². The lowest BCUT2D eigenvalue weighted by Crippen LogP contribution is -2.49. The Bertz CT molecular complexity index is 494. The van der Waals surface area contributed by atoms with Gasteiger partial charge in [0.25, 0.3) is 0 Å². The number of piperazine rings is 1. The molecule has 126 valence electrons. The summed E-state index contributed by atoms with van der Waals surface area (Å²) < 4.78 is 5.73. The summed E-state index contributed by atoms with van der Waals surface area (Å²) in [6, 6.07) is 4.08. The number of thioether (sulfide) groups is 1. The van der Waals surface area contributed by atoms with E-state index in [1.807, 2.05) is 23.2 Å². The van der Waals surface area contributed by atoms with Crippen molar-refractivity contribution in [3.05, 3.63) is 30.1 Å². The molecule has 0 bridgehead atoms. The lowest BCUT2D eigenvalue weighted by atomic mass is 10.1. The van der Waals surface area contributed by atoms with Gasteiger partial charge in [0.15, 0.2) is 0 Å². The van der Waals surface area contributed by atoms with Gasteiger partial charge in [-0.1, -0.05) is 6.07 Å². The number of rotatable bonds is 5. The molecule has 2 fully saturated rings. The van der Waals surface area contributed by atoms with Gasteiger partial charge in [0.05, 0.1) is 17.9 Å². The highest BCUT2D eigenvalue weighted by Gasteiger charge is 2.28. The number of amides is 1. The third-order valence-electron chi connectivity index (χ3n) is 4.44. The minimum Gasteiger partial charge on any atom is -0.377 e. The zero-order valence-electron chi connectivity index (χ0n) is 13.4. The average molecular weight is 335 g/mol. The highest BCUT2D eigenvalue weighted by atomic mass is 32.2. The number of ether oxygens (including phenoxy) is 1. The standard InChI is InChI=1S/C17H25N3O2S/c21-17(13-23-12-15-5-1-2-9-22-15)20-8-7-19-11-16(20)14-4-3-6-18-10-14/h3-4,6,10,15-16,19H,1-2,5,7-9,11-13H2. The van der Waals surface area contributed by atoms with Gasteiger partial charge < -0.3 is 15.0 Å². The molecule has 0 aromatic carbocycles. The van der Waals surface area contributed by atoms with Crippen molar-refractivity contribution < 1.29 is 9.53 Å². The molecule has 3 heterocycles. The van der Waals surface area contributed by atoms with Gasteiger partial charge in [-0.15, -0.1) is 11.8 Å². The number of hydrogen-bond acceptors (Lipinski definition) is 5. The molecule has 0 radical (unpaired) electrons. The zero-order chi connectivity index (χ0) is 15.9. The van der Waals surface area contributed by atoms with E-state index >= 15 is 0 Å². The van der Waals surface area contributed by atoms with E-state index in [4.69, 9.17) is 4.74 Å². The summed E-state index contributed by atoms with van der Waals surface area (Å²) in [5, 5.41) is 3.38. The molecule has 1 N–H and O–H groups in total. The Morgan fingerprint density at radius 2 is 2.43 bits per heavy atom. The molecular weight excluding hydrogens is 310 g/mol. The molecule has 5 nitrogen and oxygen atoms in total. The first kappa shape index (κ1) is 16.7. The van der Waals surface area contributed by atoms with Crippen LogP contribution >= 0.6 is 11.8 Å². The Labute approximate surface area is 142 Å². The average Bonchev–Trinajstić information content (AvgIpc) is 2.63. The minimum absolute atomic E-state index is 0.0940. The number of nitrogens with one attached hydrogen (secondary N) is 1. The topological polar surface area (TPSA) is 54.5 Å². The smallest absolute Gasteiger partial charge is 0.233 e. The molecule has 2 atom stereocenters. The van der Waals surface area contributed by atoms with Crippen molar-refractivity contribution in [2.24, 2.45) is 0 Å². The van der Waals surface area contributed by atoms with Crippen molar-refractivity contribution in [3.8, 4) is 0 Å². The van der Waals surface area contributed by atoms with E-state index in [0.29, 0.717) is 11.9 Å². The fraction of sp³-hybridized carbons (Fsp3) is 0.647. The van der Waals surface area contributed by atoms with Gasteiger partial charge in [-0.25, -0.2) is 0 Å². The summed E-state index contributed by atoms with van der Waals surface area (Å²) in [6.07, 6.45) is 7.52. The van der Waals surface area contributed by atoms with Crippen LogP contribution in [0.1, 0.15) is 30.9 Å². The van der Waals surface area contributed by atoms with Gasteiger partial charge in [0, 0.05) is 44.4 Å². The second kappa shape index (κ2) is 8.66. The third-order valence-corrected chi connectivity index (χ3v) is 5.49. The number of pyridine rings is 1. The maximum atomic E-state index is 12.6. The summed E-state index contributed by atoms with van der Waals surface area (Å²) in [4.78, 5) is 18.8. The zero-order valence-corrected chi connectivity index (χ0v) is 14.3. The first-order valence-corrected chi connectivity index (χ1v) is 9.59. The number of carbonyl (C=O) groups excluding carboxylic acids is 1. The van der Waals surface area contributed by atoms with Gasteiger partial charge >= 0.3 is 0 Å². The van der Waals surface area contributed by atoms with Crippen LogP contribution in [-0.4, -0.2) is 59.6 Å². The van der Waals surface area contributed by atoms with Gasteiger partial charge in [-0.05, 0) is 30.9 Å². The van der Waals surface area contributed by atoms with Crippen LogP contribution < -0.4 is 5.32 Å². The highest BCUT2D eigenvalue weighted by molar-refractivity contribution is 7.99. The summed E-state index contributed by atoms with van der Waals surface area (Å²) in [7, 11) is 0. The lowest BCUT2D eigenvalue weighted by molar-refractivity contribution is -0.131. The predicted octanol–water partition coefficient (Wildman–Crippen LogP) is 1.86. The van der Waals surface area contributed by atoms with Crippen LogP contribution in [0, 0.1) is 0 Å². The number of aromatic nitrogens is 1. The molecule has 1 amide bonds. The fourth-order valence-electron chi connectivity index (χ4n) is 3.17. The third kappa shape index (κ3) is 4.68. The summed E-state index contributed by atoms with van der Waals surface area (Å²) in [5.41, 5.74) is 1.11.